The number of para-hydroxylation sites is 3. The van der Waals surface area contributed by atoms with Crippen LogP contribution in [0.4, 0.5) is 0 Å². The van der Waals surface area contributed by atoms with Crippen molar-refractivity contribution in [3.63, 3.8) is 0 Å². The summed E-state index contributed by atoms with van der Waals surface area (Å²) in [6, 6.07) is 93.5. The molecule has 0 atom stereocenters. The number of oxazole rings is 5. The van der Waals surface area contributed by atoms with Crippen molar-refractivity contribution in [1.82, 2.24) is 98.7 Å². The van der Waals surface area contributed by atoms with Gasteiger partial charge in [-0.05, 0) is 139 Å². The van der Waals surface area contributed by atoms with Gasteiger partial charge < -0.3 is 22.1 Å². The zero-order valence-electron chi connectivity index (χ0n) is 79.6. The van der Waals surface area contributed by atoms with Crippen LogP contribution in [-0.4, -0.2) is 98.7 Å². The SMILES string of the molecule is Cc1cc(C)c(-n2ncnc2-c2[c-]ccc3oc(C)nc23)c(C)c1.Cc1nc2c(-c3ncnn3-c3c(-c4ccccc4)cccc3-c3ccccc3)[c-]ccc2o1.Cc1nc2c(-c3ncnn3-c3c(C(C)C)cccc3C(C)C)[c-]ccc2o1.Cc1nc2c(-c3ncnn3-c3c(C)cc(-c4ccccc4)cc3C)[c-]ccc2o1.Cc1nc2c(-c3ncnn3-c3c(C)cccc3C)[c-]ccc2o1.[Ir].[Ir].[Ir].[Ir].[Ir]. The summed E-state index contributed by atoms with van der Waals surface area (Å²) < 4.78 is 37.7. The first-order chi connectivity index (χ1) is 66.1. The number of hydrogen-bond donors (Lipinski definition) is 0. The largest absolute Gasteiger partial charge is 0.461 e. The maximum absolute atomic E-state index is 5.75. The van der Waals surface area contributed by atoms with Gasteiger partial charge in [-0.2, -0.15) is 25.5 Å². The van der Waals surface area contributed by atoms with Crippen molar-refractivity contribution in [2.75, 3.05) is 0 Å². The van der Waals surface area contributed by atoms with Crippen LogP contribution in [0.2, 0.25) is 0 Å². The monoisotopic (exact) mass is 2750 g/mol. The molecule has 30 heteroatoms. The molecule has 0 aliphatic rings. The number of rotatable bonds is 15. The quantitative estimate of drug-likeness (QED) is 0.0862. The molecule has 0 amide bonds. The first kappa shape index (κ1) is 103. The molecule has 23 rings (SSSR count). The maximum Gasteiger partial charge on any atom is 0.180 e. The Bertz CT molecular complexity index is 8180. The summed E-state index contributed by atoms with van der Waals surface area (Å²) >= 11 is 0. The van der Waals surface area contributed by atoms with Crippen LogP contribution in [0.25, 0.3) is 174 Å². The van der Waals surface area contributed by atoms with Gasteiger partial charge in [0.05, 0.1) is 85.5 Å². The average Bonchev–Trinajstić information content (AvgIpc) is 1.59. The topological polar surface area (TPSA) is 284 Å². The van der Waals surface area contributed by atoms with Crippen LogP contribution in [-0.2, 0) is 101 Å². The number of fused-ring (bicyclic) bond motifs is 5. The van der Waals surface area contributed by atoms with Crippen molar-refractivity contribution < 1.29 is 123 Å². The van der Waals surface area contributed by atoms with Crippen molar-refractivity contribution >= 4 is 55.5 Å². The minimum Gasteiger partial charge on any atom is -0.461 e. The molecule has 23 aromatic rings. The summed E-state index contributed by atoms with van der Waals surface area (Å²) in [5.74, 6) is 7.33. The van der Waals surface area contributed by atoms with Crippen LogP contribution in [0, 0.1) is 113 Å². The smallest absolute Gasteiger partial charge is 0.180 e. The molecular weight excluding hydrogens is 2650 g/mol. The van der Waals surface area contributed by atoms with Gasteiger partial charge in [-0.1, -0.05) is 249 Å². The Morgan fingerprint density at radius 1 is 0.241 bits per heavy atom. The average molecular weight is 2750 g/mol. The van der Waals surface area contributed by atoms with E-state index >= 15 is 0 Å². The summed E-state index contributed by atoms with van der Waals surface area (Å²) in [5, 5.41) is 22.7. The summed E-state index contributed by atoms with van der Waals surface area (Å²) in [6.45, 7) is 32.6. The number of nitrogens with zero attached hydrogens (tertiary/aromatic N) is 20. The van der Waals surface area contributed by atoms with E-state index in [0.29, 0.717) is 70.2 Å². The molecule has 0 N–H and O–H groups in total. The van der Waals surface area contributed by atoms with Crippen LogP contribution < -0.4 is 0 Å². The Labute approximate surface area is 882 Å². The fourth-order valence-corrected chi connectivity index (χ4v) is 17.7. The summed E-state index contributed by atoms with van der Waals surface area (Å²) in [4.78, 5) is 45.2. The van der Waals surface area contributed by atoms with Crippen molar-refractivity contribution in [2.45, 2.75) is 123 Å². The van der Waals surface area contributed by atoms with Gasteiger partial charge in [0.1, 0.15) is 31.6 Å². The molecule has 141 heavy (non-hydrogen) atoms. The Morgan fingerprint density at radius 2 is 0.489 bits per heavy atom. The van der Waals surface area contributed by atoms with Crippen LogP contribution >= 0.6 is 0 Å². The Morgan fingerprint density at radius 3 is 0.780 bits per heavy atom. The molecule has 0 unspecified atom stereocenters. The van der Waals surface area contributed by atoms with Crippen LogP contribution in [0.3, 0.4) is 0 Å². The number of benzene rings is 13. The summed E-state index contributed by atoms with van der Waals surface area (Å²) in [6.07, 6.45) is 7.86. The number of aryl methyl sites for hydroxylation is 12. The van der Waals surface area contributed by atoms with E-state index in [9.17, 15) is 0 Å². The van der Waals surface area contributed by atoms with Gasteiger partial charge in [0, 0.05) is 174 Å². The molecule has 25 nitrogen and oxygen atoms in total. The molecule has 0 saturated carbocycles. The van der Waals surface area contributed by atoms with E-state index in [4.69, 9.17) is 22.1 Å². The van der Waals surface area contributed by atoms with E-state index in [2.05, 4.69) is 303 Å². The zero-order valence-corrected chi connectivity index (χ0v) is 91.6. The van der Waals surface area contributed by atoms with Crippen LogP contribution in [0.1, 0.15) is 119 Å². The van der Waals surface area contributed by atoms with Gasteiger partial charge in [-0.3, -0.25) is 73.2 Å². The maximum atomic E-state index is 5.75. The Hall–Kier alpha value is -13.8. The molecule has 0 fully saturated rings. The standard InChI is InChI=1S/C28H19N4O.C24H19N4O.C22H23N4O.C19H17N4O.C18H15N4O.5Ir/c1-19-31-26-24(16-9-17-25(26)33-19)28-29-18-30-32(28)27-22(20-10-4-2-5-11-20)14-8-15-23(27)21-12-6-3-7-13-21;1-15-12-19(18-8-5-4-6-9-18)13-16(2)23(15)28-24(25-14-26-28)20-10-7-11-21-22(20)27-17(3)29-21;1-13(2)16-8-6-9-17(14(3)4)21(16)26-22(23-12-24-26)18-10-7-11-19-20(18)25-15(5)27-19;1-11-8-12(2)18(13(3)9-11)23-19(20-10-21-23)15-6-5-7-16-17(15)22-14(4)24-16;1-11-6-4-7-12(2)17(11)22-18(19-10-20-22)14-8-5-9-15-16(14)21-13(3)23-15;;;;;/h2-15,17-18H,1H3;4-9,11-14H,1-3H3;6-9,11-14H,1-5H3;5,7-10H,1-4H3;4-7,9-10H,1-3H3;;;;;/q5*-1;;;;;. The van der Waals surface area contributed by atoms with Gasteiger partial charge in [0.25, 0.3) is 0 Å². The molecule has 0 aliphatic carbocycles. The normalized spacial score (nSPS) is 11.0. The van der Waals surface area contributed by atoms with E-state index in [1.807, 2.05) is 167 Å². The molecule has 717 valence electrons. The van der Waals surface area contributed by atoms with Gasteiger partial charge in [0.15, 0.2) is 29.5 Å². The minimum absolute atomic E-state index is 0. The van der Waals surface area contributed by atoms with Crippen molar-refractivity contribution in [1.29, 1.82) is 0 Å². The summed E-state index contributed by atoms with van der Waals surface area (Å²) in [7, 11) is 0. The van der Waals surface area contributed by atoms with Crippen molar-refractivity contribution in [2.24, 2.45) is 0 Å². The van der Waals surface area contributed by atoms with Gasteiger partial charge >= 0.3 is 0 Å². The first-order valence-electron chi connectivity index (χ1n) is 44.7. The van der Waals surface area contributed by atoms with Crippen molar-refractivity contribution in [3.8, 4) is 119 Å². The summed E-state index contributed by atoms with van der Waals surface area (Å²) in [5.41, 5.74) is 33.7. The van der Waals surface area contributed by atoms with E-state index in [1.165, 1.54) is 27.8 Å². The van der Waals surface area contributed by atoms with Crippen LogP contribution in [0.15, 0.2) is 284 Å². The Kier molecular flexibility index (Phi) is 32.7. The molecule has 0 bridgehead atoms. The van der Waals surface area contributed by atoms with E-state index in [1.54, 1.807) is 31.6 Å². The number of hydrogen-bond acceptors (Lipinski definition) is 20. The zero-order chi connectivity index (χ0) is 94.1. The van der Waals surface area contributed by atoms with E-state index in [-0.39, 0.29) is 101 Å². The second kappa shape index (κ2) is 44.7. The molecule has 10 aromatic heterocycles. The molecule has 0 spiro atoms. The third-order valence-corrected chi connectivity index (χ3v) is 23.4. The first-order valence-corrected chi connectivity index (χ1v) is 44.7. The third kappa shape index (κ3) is 21.0. The molecule has 0 saturated heterocycles. The van der Waals surface area contributed by atoms with E-state index in [0.717, 1.165) is 168 Å². The minimum atomic E-state index is 0. The molecule has 10 heterocycles. The fourth-order valence-electron chi connectivity index (χ4n) is 17.7. The van der Waals surface area contributed by atoms with Gasteiger partial charge in [-0.15, -0.1) is 60.7 Å². The molecule has 13 aromatic carbocycles. The fraction of sp³-hybridized carbons (Fsp3) is 0.162. The predicted molar refractivity (Wildman–Crippen MR) is 527 cm³/mol. The van der Waals surface area contributed by atoms with Gasteiger partial charge in [0.2, 0.25) is 0 Å². The second-order valence-corrected chi connectivity index (χ2v) is 33.8. The second-order valence-electron chi connectivity index (χ2n) is 33.8. The van der Waals surface area contributed by atoms with Gasteiger partial charge in [-0.25, -0.2) is 0 Å². The molecule has 0 aliphatic heterocycles. The van der Waals surface area contributed by atoms with Crippen molar-refractivity contribution in [3.05, 3.63) is 372 Å². The van der Waals surface area contributed by atoms with Crippen LogP contribution in [0.5, 0.6) is 0 Å². The molecule has 5 radical (unpaired) electrons. The Balaban J connectivity index is 0.000000140. The third-order valence-electron chi connectivity index (χ3n) is 23.4. The predicted octanol–water partition coefficient (Wildman–Crippen LogP) is 25.3. The van der Waals surface area contributed by atoms with E-state index < -0.39 is 0 Å². The molecular formula is C111H93Ir5N20O5-5. The number of aromatic nitrogens is 20.